The number of carbonyl (C=O) groups excluding carboxylic acids is 1. The molecule has 1 aliphatic heterocycles. The van der Waals surface area contributed by atoms with Crippen LogP contribution in [-0.2, 0) is 14.8 Å². The summed E-state index contributed by atoms with van der Waals surface area (Å²) in [5.74, 6) is 0. The van der Waals surface area contributed by atoms with E-state index in [1.54, 1.807) is 0 Å². The lowest BCUT2D eigenvalue weighted by Gasteiger charge is -2.19. The van der Waals surface area contributed by atoms with Crippen LogP contribution in [0.5, 0.6) is 0 Å². The lowest BCUT2D eigenvalue weighted by Crippen LogP contribution is -2.34. The molecule has 0 bridgehead atoms. The molecule has 1 unspecified atom stereocenters. The van der Waals surface area contributed by atoms with E-state index in [2.05, 4.69) is 9.98 Å². The Morgan fingerprint density at radius 2 is 2.26 bits per heavy atom. The molecule has 1 aromatic rings. The molecular formula is C11H10N4O3S. The molecule has 0 aromatic carbocycles. The Morgan fingerprint density at radius 3 is 2.84 bits per heavy atom. The maximum Gasteiger partial charge on any atom is 0.246 e. The molecule has 0 aliphatic carbocycles. The minimum atomic E-state index is -3.75. The van der Waals surface area contributed by atoms with E-state index in [0.717, 1.165) is 10.5 Å². The van der Waals surface area contributed by atoms with Crippen molar-refractivity contribution in [2.24, 2.45) is 4.99 Å². The maximum absolute atomic E-state index is 12.3. The van der Waals surface area contributed by atoms with Crippen LogP contribution in [0.15, 0.2) is 28.2 Å². The molecule has 0 amide bonds. The quantitative estimate of drug-likeness (QED) is 0.588. The molecule has 1 aromatic heterocycles. The van der Waals surface area contributed by atoms with E-state index in [9.17, 15) is 13.2 Å². The number of rotatable bonds is 3. The van der Waals surface area contributed by atoms with Crippen molar-refractivity contribution < 1.29 is 13.2 Å². The predicted octanol–water partition coefficient (Wildman–Crippen LogP) is 0.400. The first kappa shape index (κ1) is 13.4. The van der Waals surface area contributed by atoms with Gasteiger partial charge in [-0.2, -0.15) is 14.6 Å². The highest BCUT2D eigenvalue weighted by Crippen LogP contribution is 2.26. The highest BCUT2D eigenvalue weighted by Gasteiger charge is 2.35. The van der Waals surface area contributed by atoms with Crippen molar-refractivity contribution in [3.63, 3.8) is 0 Å². The lowest BCUT2D eigenvalue weighted by molar-refractivity contribution is 0.395. The predicted molar refractivity (Wildman–Crippen MR) is 64.0 cm³/mol. The van der Waals surface area contributed by atoms with Gasteiger partial charge in [0, 0.05) is 12.7 Å². The third-order valence-corrected chi connectivity index (χ3v) is 4.71. The van der Waals surface area contributed by atoms with Gasteiger partial charge >= 0.3 is 0 Å². The van der Waals surface area contributed by atoms with Crippen LogP contribution in [0.1, 0.15) is 18.5 Å². The molecule has 1 atom stereocenters. The molecule has 7 nitrogen and oxygen atoms in total. The maximum atomic E-state index is 12.3. The van der Waals surface area contributed by atoms with Gasteiger partial charge in [-0.15, -0.1) is 0 Å². The zero-order chi connectivity index (χ0) is 13.9. The average Bonchev–Trinajstić information content (AvgIpc) is 2.88. The Balaban J connectivity index is 2.36. The highest BCUT2D eigenvalue weighted by molar-refractivity contribution is 7.89. The van der Waals surface area contributed by atoms with Crippen molar-refractivity contribution in [2.45, 2.75) is 23.9 Å². The first-order chi connectivity index (χ1) is 9.09. The average molecular weight is 278 g/mol. The van der Waals surface area contributed by atoms with Crippen molar-refractivity contribution in [1.29, 1.82) is 5.26 Å². The van der Waals surface area contributed by atoms with Crippen molar-refractivity contribution in [3.8, 4) is 6.07 Å². The summed E-state index contributed by atoms with van der Waals surface area (Å²) >= 11 is 0. The fourth-order valence-electron chi connectivity index (χ4n) is 1.93. The number of aromatic nitrogens is 1. The fourth-order valence-corrected chi connectivity index (χ4v) is 3.47. The van der Waals surface area contributed by atoms with Gasteiger partial charge in [0.25, 0.3) is 0 Å². The third kappa shape index (κ3) is 2.53. The first-order valence-corrected chi connectivity index (χ1v) is 6.98. The molecule has 0 spiro atoms. The smallest absolute Gasteiger partial charge is 0.244 e. The molecule has 2 heterocycles. The Labute approximate surface area is 110 Å². The van der Waals surface area contributed by atoms with Crippen molar-refractivity contribution in [1.82, 2.24) is 9.29 Å². The van der Waals surface area contributed by atoms with E-state index in [-0.39, 0.29) is 10.6 Å². The molecule has 0 radical (unpaired) electrons. The molecule has 19 heavy (non-hydrogen) atoms. The lowest BCUT2D eigenvalue weighted by atomic mass is 10.3. The molecule has 1 aliphatic rings. The minimum absolute atomic E-state index is 0.0144. The molecular weight excluding hydrogens is 268 g/mol. The van der Waals surface area contributed by atoms with Gasteiger partial charge in [-0.05, 0) is 25.0 Å². The Hall–Kier alpha value is -2.07. The van der Waals surface area contributed by atoms with E-state index >= 15 is 0 Å². The summed E-state index contributed by atoms with van der Waals surface area (Å²) in [4.78, 5) is 17.5. The zero-order valence-electron chi connectivity index (χ0n) is 9.85. The van der Waals surface area contributed by atoms with Crippen LogP contribution >= 0.6 is 0 Å². The monoisotopic (exact) mass is 278 g/mol. The van der Waals surface area contributed by atoms with Crippen LogP contribution in [0.2, 0.25) is 0 Å². The van der Waals surface area contributed by atoms with Gasteiger partial charge in [0.15, 0.2) is 0 Å². The second-order valence-electron chi connectivity index (χ2n) is 3.95. The van der Waals surface area contributed by atoms with Crippen LogP contribution in [-0.4, -0.2) is 36.5 Å². The summed E-state index contributed by atoms with van der Waals surface area (Å²) in [7, 11) is -3.75. The third-order valence-electron chi connectivity index (χ3n) is 2.83. The molecule has 8 heteroatoms. The van der Waals surface area contributed by atoms with E-state index in [1.807, 2.05) is 6.07 Å². The van der Waals surface area contributed by atoms with E-state index in [4.69, 9.17) is 5.26 Å². The van der Waals surface area contributed by atoms with Gasteiger partial charge in [0.05, 0.1) is 0 Å². The van der Waals surface area contributed by atoms with Crippen LogP contribution in [0, 0.1) is 11.3 Å². The van der Waals surface area contributed by atoms with Gasteiger partial charge in [0.2, 0.25) is 16.1 Å². The largest absolute Gasteiger partial charge is 0.246 e. The van der Waals surface area contributed by atoms with E-state index < -0.39 is 16.2 Å². The number of nitrogens with zero attached hydrogens (tertiary/aromatic N) is 4. The van der Waals surface area contributed by atoms with Crippen molar-refractivity contribution >= 4 is 16.1 Å². The number of isocyanates is 1. The Morgan fingerprint density at radius 1 is 1.47 bits per heavy atom. The molecule has 1 saturated heterocycles. The minimum Gasteiger partial charge on any atom is -0.244 e. The molecule has 0 N–H and O–H groups in total. The van der Waals surface area contributed by atoms with Gasteiger partial charge in [-0.1, -0.05) is 0 Å². The number of sulfonamides is 1. The zero-order valence-corrected chi connectivity index (χ0v) is 10.7. The second-order valence-corrected chi connectivity index (χ2v) is 5.84. The van der Waals surface area contributed by atoms with E-state index in [0.29, 0.717) is 19.4 Å². The number of aliphatic imine (C=N–C) groups is 1. The first-order valence-electron chi connectivity index (χ1n) is 5.54. The molecule has 2 rings (SSSR count). The van der Waals surface area contributed by atoms with Crippen LogP contribution in [0.3, 0.4) is 0 Å². The number of hydrogen-bond acceptors (Lipinski definition) is 6. The van der Waals surface area contributed by atoms with Crippen molar-refractivity contribution in [3.05, 3.63) is 24.0 Å². The Kier molecular flexibility index (Phi) is 3.71. The van der Waals surface area contributed by atoms with Gasteiger partial charge in [0.1, 0.15) is 22.8 Å². The summed E-state index contributed by atoms with van der Waals surface area (Å²) in [5, 5.41) is 8.62. The molecule has 1 fully saturated rings. The number of pyridine rings is 1. The second kappa shape index (κ2) is 5.28. The van der Waals surface area contributed by atoms with E-state index in [1.165, 1.54) is 18.2 Å². The molecule has 98 valence electrons. The Bertz CT molecular complexity index is 656. The molecule has 0 saturated carbocycles. The fraction of sp³-hybridized carbons (Fsp3) is 0.364. The van der Waals surface area contributed by atoms with Crippen molar-refractivity contribution in [2.75, 3.05) is 6.54 Å². The number of hydrogen-bond donors (Lipinski definition) is 0. The number of nitriles is 1. The topological polar surface area (TPSA) is 103 Å². The van der Waals surface area contributed by atoms with Gasteiger partial charge < -0.3 is 0 Å². The summed E-state index contributed by atoms with van der Waals surface area (Å²) < 4.78 is 25.8. The van der Waals surface area contributed by atoms with Crippen LogP contribution in [0.4, 0.5) is 0 Å². The SMILES string of the molecule is N#Cc1ccc(S(=O)(=O)N2CCCC2N=C=O)cn1. The highest BCUT2D eigenvalue weighted by atomic mass is 32.2. The summed E-state index contributed by atoms with van der Waals surface area (Å²) in [6.07, 6.45) is 2.96. The summed E-state index contributed by atoms with van der Waals surface area (Å²) in [6.45, 7) is 0.304. The normalized spacial score (nSPS) is 19.6. The van der Waals surface area contributed by atoms with Crippen LogP contribution < -0.4 is 0 Å². The van der Waals surface area contributed by atoms with Gasteiger partial charge in [-0.3, -0.25) is 0 Å². The van der Waals surface area contributed by atoms with Crippen LogP contribution in [0.25, 0.3) is 0 Å². The van der Waals surface area contributed by atoms with Gasteiger partial charge in [-0.25, -0.2) is 18.2 Å². The standard InChI is InChI=1S/C11H10N4O3S/c12-6-9-3-4-10(7-13-9)19(17,18)15-5-1-2-11(15)14-8-16/h3-4,7,11H,1-2,5H2. The summed E-state index contributed by atoms with van der Waals surface area (Å²) in [5.41, 5.74) is 0.142. The summed E-state index contributed by atoms with van der Waals surface area (Å²) in [6, 6.07) is 4.47.